The van der Waals surface area contributed by atoms with Gasteiger partial charge in [0.05, 0.1) is 12.0 Å². The Hall–Kier alpha value is -1.59. The topological polar surface area (TPSA) is 61.4 Å². The molecule has 1 heterocycles. The highest BCUT2D eigenvalue weighted by atomic mass is 35.5. The van der Waals surface area contributed by atoms with Crippen LogP contribution >= 0.6 is 12.4 Å². The van der Waals surface area contributed by atoms with Crippen LogP contribution in [-0.4, -0.2) is 48.4 Å². The normalized spacial score (nSPS) is 16.3. The van der Waals surface area contributed by atoms with Gasteiger partial charge in [0, 0.05) is 12.1 Å². The molecule has 6 heteroatoms. The third-order valence-electron chi connectivity index (χ3n) is 4.71. The monoisotopic (exact) mass is 381 g/mol. The Balaban J connectivity index is 0.00000338. The van der Waals surface area contributed by atoms with E-state index in [4.69, 9.17) is 0 Å². The second kappa shape index (κ2) is 9.38. The molecule has 0 saturated carbocycles. The number of carbonyl (C=O) groups is 2. The SMILES string of the molecule is CCN(CC(=O)NC(C)(C)C)C(=O)C1(c2ccccc2)CCNCC1.Cl. The molecule has 146 valence electrons. The van der Waals surface area contributed by atoms with Crippen LogP contribution in [-0.2, 0) is 15.0 Å². The second-order valence-corrected chi connectivity index (χ2v) is 7.82. The molecule has 0 unspecified atom stereocenters. The highest BCUT2D eigenvalue weighted by Gasteiger charge is 2.43. The number of halogens is 1. The van der Waals surface area contributed by atoms with Crippen molar-refractivity contribution < 1.29 is 9.59 Å². The fourth-order valence-corrected chi connectivity index (χ4v) is 3.50. The lowest BCUT2D eigenvalue weighted by molar-refractivity contribution is -0.142. The molecule has 2 amide bonds. The smallest absolute Gasteiger partial charge is 0.240 e. The Kier molecular flexibility index (Phi) is 8.10. The minimum Gasteiger partial charge on any atom is -0.350 e. The van der Waals surface area contributed by atoms with Gasteiger partial charge in [-0.25, -0.2) is 0 Å². The summed E-state index contributed by atoms with van der Waals surface area (Å²) < 4.78 is 0. The number of benzene rings is 1. The molecule has 0 aliphatic carbocycles. The van der Waals surface area contributed by atoms with Crippen molar-refractivity contribution in [2.45, 2.75) is 51.5 Å². The van der Waals surface area contributed by atoms with Crippen molar-refractivity contribution in [3.8, 4) is 0 Å². The predicted octanol–water partition coefficient (Wildman–Crippen LogP) is 2.49. The van der Waals surface area contributed by atoms with Crippen molar-refractivity contribution in [1.82, 2.24) is 15.5 Å². The molecular formula is C20H32ClN3O2. The summed E-state index contributed by atoms with van der Waals surface area (Å²) >= 11 is 0. The van der Waals surface area contributed by atoms with Crippen LogP contribution in [0.3, 0.4) is 0 Å². The number of rotatable bonds is 5. The Morgan fingerprint density at radius 1 is 1.15 bits per heavy atom. The van der Waals surface area contributed by atoms with Crippen molar-refractivity contribution in [2.75, 3.05) is 26.2 Å². The zero-order valence-corrected chi connectivity index (χ0v) is 17.1. The summed E-state index contributed by atoms with van der Waals surface area (Å²) in [6, 6.07) is 10.00. The van der Waals surface area contributed by atoms with Crippen LogP contribution in [0.4, 0.5) is 0 Å². The Morgan fingerprint density at radius 2 is 1.73 bits per heavy atom. The fourth-order valence-electron chi connectivity index (χ4n) is 3.50. The van der Waals surface area contributed by atoms with E-state index in [2.05, 4.69) is 10.6 Å². The van der Waals surface area contributed by atoms with Crippen molar-refractivity contribution in [3.63, 3.8) is 0 Å². The van der Waals surface area contributed by atoms with E-state index in [9.17, 15) is 9.59 Å². The first-order chi connectivity index (χ1) is 11.8. The molecule has 1 aromatic carbocycles. The molecule has 1 aromatic rings. The number of nitrogens with one attached hydrogen (secondary N) is 2. The standard InChI is InChI=1S/C20H31N3O2.ClH/c1-5-23(15-17(24)22-19(2,3)4)18(25)20(11-13-21-14-12-20)16-9-7-6-8-10-16;/h6-10,21H,5,11-15H2,1-4H3,(H,22,24);1H. The molecule has 0 bridgehead atoms. The predicted molar refractivity (Wildman–Crippen MR) is 108 cm³/mol. The van der Waals surface area contributed by atoms with Gasteiger partial charge >= 0.3 is 0 Å². The van der Waals surface area contributed by atoms with Crippen molar-refractivity contribution in [3.05, 3.63) is 35.9 Å². The Morgan fingerprint density at radius 3 is 2.23 bits per heavy atom. The van der Waals surface area contributed by atoms with Crippen LogP contribution in [0.2, 0.25) is 0 Å². The van der Waals surface area contributed by atoms with E-state index < -0.39 is 5.41 Å². The Labute approximate surface area is 163 Å². The molecule has 1 aliphatic heterocycles. The van der Waals surface area contributed by atoms with Gasteiger partial charge in [0.25, 0.3) is 0 Å². The highest BCUT2D eigenvalue weighted by molar-refractivity contribution is 5.92. The van der Waals surface area contributed by atoms with E-state index in [1.807, 2.05) is 58.0 Å². The zero-order chi connectivity index (χ0) is 18.5. The van der Waals surface area contributed by atoms with Gasteiger partial charge in [-0.15, -0.1) is 12.4 Å². The van der Waals surface area contributed by atoms with E-state index in [0.29, 0.717) is 6.54 Å². The van der Waals surface area contributed by atoms with Gasteiger partial charge in [0.15, 0.2) is 0 Å². The molecule has 0 spiro atoms. The molecule has 1 saturated heterocycles. The molecule has 0 aromatic heterocycles. The van der Waals surface area contributed by atoms with Gasteiger partial charge < -0.3 is 15.5 Å². The summed E-state index contributed by atoms with van der Waals surface area (Å²) in [4.78, 5) is 27.5. The molecular weight excluding hydrogens is 350 g/mol. The van der Waals surface area contributed by atoms with Gasteiger partial charge in [-0.05, 0) is 59.2 Å². The number of amides is 2. The lowest BCUT2D eigenvalue weighted by Crippen LogP contribution is -2.55. The third kappa shape index (κ3) is 5.45. The van der Waals surface area contributed by atoms with Crippen LogP contribution in [0.25, 0.3) is 0 Å². The number of piperidine rings is 1. The van der Waals surface area contributed by atoms with Crippen molar-refractivity contribution in [1.29, 1.82) is 0 Å². The molecule has 2 N–H and O–H groups in total. The van der Waals surface area contributed by atoms with Gasteiger partial charge in [-0.3, -0.25) is 9.59 Å². The number of hydrogen-bond donors (Lipinski definition) is 2. The first kappa shape index (κ1) is 22.5. The molecule has 2 rings (SSSR count). The molecule has 1 aliphatic rings. The van der Waals surface area contributed by atoms with Crippen LogP contribution in [0, 0.1) is 0 Å². The fraction of sp³-hybridized carbons (Fsp3) is 0.600. The summed E-state index contributed by atoms with van der Waals surface area (Å²) in [6.45, 7) is 10.0. The van der Waals surface area contributed by atoms with E-state index in [1.165, 1.54) is 0 Å². The number of likely N-dealkylation sites (N-methyl/N-ethyl adjacent to an activating group) is 1. The molecule has 0 atom stereocenters. The average Bonchev–Trinajstić information content (AvgIpc) is 2.59. The summed E-state index contributed by atoms with van der Waals surface area (Å²) in [7, 11) is 0. The number of carbonyl (C=O) groups excluding carboxylic acids is 2. The first-order valence-electron chi connectivity index (χ1n) is 9.15. The zero-order valence-electron chi connectivity index (χ0n) is 16.3. The van der Waals surface area contributed by atoms with Gasteiger partial charge in [0.1, 0.15) is 0 Å². The van der Waals surface area contributed by atoms with Gasteiger partial charge in [0.2, 0.25) is 11.8 Å². The largest absolute Gasteiger partial charge is 0.350 e. The average molecular weight is 382 g/mol. The number of hydrogen-bond acceptors (Lipinski definition) is 3. The maximum absolute atomic E-state index is 13.5. The van der Waals surface area contributed by atoms with Crippen LogP contribution in [0.1, 0.15) is 46.1 Å². The molecule has 5 nitrogen and oxygen atoms in total. The summed E-state index contributed by atoms with van der Waals surface area (Å²) in [5.41, 5.74) is 0.215. The van der Waals surface area contributed by atoms with E-state index in [-0.39, 0.29) is 36.3 Å². The summed E-state index contributed by atoms with van der Waals surface area (Å²) in [6.07, 6.45) is 1.51. The molecule has 1 fully saturated rings. The van der Waals surface area contributed by atoms with Crippen LogP contribution in [0.5, 0.6) is 0 Å². The summed E-state index contributed by atoms with van der Waals surface area (Å²) in [5, 5.41) is 6.29. The van der Waals surface area contributed by atoms with Gasteiger partial charge in [-0.1, -0.05) is 30.3 Å². The maximum Gasteiger partial charge on any atom is 0.240 e. The minimum atomic E-state index is -0.537. The second-order valence-electron chi connectivity index (χ2n) is 7.82. The quantitative estimate of drug-likeness (QED) is 0.823. The molecule has 0 radical (unpaired) electrons. The van der Waals surface area contributed by atoms with Gasteiger partial charge in [-0.2, -0.15) is 0 Å². The van der Waals surface area contributed by atoms with Crippen molar-refractivity contribution >= 4 is 24.2 Å². The van der Waals surface area contributed by atoms with E-state index in [0.717, 1.165) is 31.5 Å². The minimum absolute atomic E-state index is 0. The first-order valence-corrected chi connectivity index (χ1v) is 9.15. The maximum atomic E-state index is 13.5. The van der Waals surface area contributed by atoms with E-state index >= 15 is 0 Å². The summed E-state index contributed by atoms with van der Waals surface area (Å²) in [5.74, 6) is -0.0494. The van der Waals surface area contributed by atoms with Crippen molar-refractivity contribution in [2.24, 2.45) is 0 Å². The van der Waals surface area contributed by atoms with Crippen LogP contribution in [0.15, 0.2) is 30.3 Å². The highest BCUT2D eigenvalue weighted by Crippen LogP contribution is 2.35. The third-order valence-corrected chi connectivity index (χ3v) is 4.71. The van der Waals surface area contributed by atoms with E-state index in [1.54, 1.807) is 4.90 Å². The Bertz CT molecular complexity index is 593. The lowest BCUT2D eigenvalue weighted by Gasteiger charge is -2.40. The molecule has 26 heavy (non-hydrogen) atoms. The van der Waals surface area contributed by atoms with Crippen LogP contribution < -0.4 is 10.6 Å². The number of nitrogens with zero attached hydrogens (tertiary/aromatic N) is 1. The lowest BCUT2D eigenvalue weighted by atomic mass is 9.72.